The molecule has 0 saturated carbocycles. The quantitative estimate of drug-likeness (QED) is 0.505. The topological polar surface area (TPSA) is 53.0 Å². The van der Waals surface area contributed by atoms with E-state index in [0.29, 0.717) is 0 Å². The van der Waals surface area contributed by atoms with Crippen LogP contribution < -0.4 is 5.11 Å². The fourth-order valence-electron chi connectivity index (χ4n) is 1.95. The minimum absolute atomic E-state index is 0.262. The molecule has 0 radical (unpaired) electrons. The van der Waals surface area contributed by atoms with Crippen molar-refractivity contribution in [1.82, 2.24) is 4.98 Å². The zero-order valence-corrected chi connectivity index (χ0v) is 14.0. The summed E-state index contributed by atoms with van der Waals surface area (Å²) >= 11 is 4.93. The molecule has 0 aliphatic carbocycles. The first-order valence-corrected chi connectivity index (χ1v) is 9.44. The first-order valence-electron chi connectivity index (χ1n) is 6.65. The van der Waals surface area contributed by atoms with Gasteiger partial charge in [0.15, 0.2) is 4.34 Å². The molecule has 0 saturated heterocycles. The number of rotatable bonds is 6. The van der Waals surface area contributed by atoms with E-state index in [1.54, 1.807) is 35.2 Å². The fraction of sp³-hybridized carbons (Fsp3) is 0.125. The third kappa shape index (κ3) is 3.63. The highest BCUT2D eigenvalue weighted by atomic mass is 32.2. The minimum Gasteiger partial charge on any atom is -0.545 e. The van der Waals surface area contributed by atoms with Crippen LogP contribution in [0.1, 0.15) is 10.4 Å². The van der Waals surface area contributed by atoms with Crippen molar-refractivity contribution in [2.75, 3.05) is 11.5 Å². The summed E-state index contributed by atoms with van der Waals surface area (Å²) in [4.78, 5) is 16.4. The summed E-state index contributed by atoms with van der Waals surface area (Å²) in [5.74, 6) is 0.582. The Morgan fingerprint density at radius 1 is 1.05 bits per heavy atom. The van der Waals surface area contributed by atoms with Gasteiger partial charge in [0.25, 0.3) is 0 Å². The average molecular weight is 346 g/mol. The molecule has 0 atom stereocenters. The van der Waals surface area contributed by atoms with Crippen LogP contribution in [0.2, 0.25) is 0 Å². The van der Waals surface area contributed by atoms with Gasteiger partial charge in [-0.25, -0.2) is 4.98 Å². The number of para-hydroxylation sites is 1. The molecule has 1 heterocycles. The van der Waals surface area contributed by atoms with E-state index in [1.165, 1.54) is 16.5 Å². The largest absolute Gasteiger partial charge is 0.545 e. The lowest BCUT2D eigenvalue weighted by Gasteiger charge is -2.08. The normalized spacial score (nSPS) is 10.9. The number of aromatic nitrogens is 1. The van der Waals surface area contributed by atoms with Crippen molar-refractivity contribution in [3.05, 3.63) is 54.1 Å². The average Bonchev–Trinajstić information content (AvgIpc) is 2.94. The first-order chi connectivity index (χ1) is 10.7. The number of hydrogen-bond donors (Lipinski definition) is 0. The van der Waals surface area contributed by atoms with Crippen LogP contribution in [0.15, 0.2) is 57.8 Å². The van der Waals surface area contributed by atoms with E-state index < -0.39 is 5.97 Å². The molecule has 112 valence electrons. The van der Waals surface area contributed by atoms with E-state index in [4.69, 9.17) is 0 Å². The van der Waals surface area contributed by atoms with Crippen LogP contribution in [-0.4, -0.2) is 22.5 Å². The zero-order chi connectivity index (χ0) is 15.4. The maximum absolute atomic E-state index is 11.0. The van der Waals surface area contributed by atoms with Crippen LogP contribution >= 0.6 is 34.9 Å². The van der Waals surface area contributed by atoms with Gasteiger partial charge in [0.1, 0.15) is 0 Å². The van der Waals surface area contributed by atoms with Gasteiger partial charge >= 0.3 is 0 Å². The van der Waals surface area contributed by atoms with E-state index >= 15 is 0 Å². The Bertz CT molecular complexity index is 768. The molecule has 0 N–H and O–H groups in total. The van der Waals surface area contributed by atoms with Gasteiger partial charge in [0, 0.05) is 22.0 Å². The molecule has 22 heavy (non-hydrogen) atoms. The molecular weight excluding hydrogens is 334 g/mol. The third-order valence-electron chi connectivity index (χ3n) is 2.95. The van der Waals surface area contributed by atoms with Crippen molar-refractivity contribution in [3.8, 4) is 0 Å². The van der Waals surface area contributed by atoms with Crippen LogP contribution in [0.5, 0.6) is 0 Å². The van der Waals surface area contributed by atoms with E-state index in [1.807, 2.05) is 30.3 Å². The number of aromatic carboxylic acids is 1. The molecule has 3 nitrogen and oxygen atoms in total. The van der Waals surface area contributed by atoms with Crippen molar-refractivity contribution in [3.63, 3.8) is 0 Å². The van der Waals surface area contributed by atoms with Crippen molar-refractivity contribution in [2.24, 2.45) is 0 Å². The second-order valence-corrected chi connectivity index (χ2v) is 7.94. The fourth-order valence-corrected chi connectivity index (χ4v) is 5.11. The molecular formula is C16H12NO2S3-. The number of carboxylic acid groups (broad SMARTS) is 1. The summed E-state index contributed by atoms with van der Waals surface area (Å²) in [5, 5.41) is 11.0. The molecule has 2 aromatic carbocycles. The highest BCUT2D eigenvalue weighted by Crippen LogP contribution is 2.30. The van der Waals surface area contributed by atoms with Crippen molar-refractivity contribution >= 4 is 51.0 Å². The minimum atomic E-state index is -1.12. The molecule has 0 fully saturated rings. The van der Waals surface area contributed by atoms with Crippen molar-refractivity contribution in [2.45, 2.75) is 9.24 Å². The van der Waals surface area contributed by atoms with Crippen LogP contribution in [0.4, 0.5) is 0 Å². The summed E-state index contributed by atoms with van der Waals surface area (Å²) in [6, 6.07) is 15.0. The van der Waals surface area contributed by atoms with Crippen molar-refractivity contribution < 1.29 is 9.90 Å². The molecule has 0 spiro atoms. The van der Waals surface area contributed by atoms with Crippen LogP contribution in [0.25, 0.3) is 10.2 Å². The molecule has 0 aliphatic rings. The number of hydrogen-bond acceptors (Lipinski definition) is 6. The Kier molecular flexibility index (Phi) is 5.02. The molecule has 3 aromatic rings. The highest BCUT2D eigenvalue weighted by molar-refractivity contribution is 8.04. The number of thiazole rings is 1. The lowest BCUT2D eigenvalue weighted by Crippen LogP contribution is -2.22. The Morgan fingerprint density at radius 2 is 1.77 bits per heavy atom. The maximum Gasteiger partial charge on any atom is 0.151 e. The van der Waals surface area contributed by atoms with E-state index in [2.05, 4.69) is 11.1 Å². The smallest absolute Gasteiger partial charge is 0.151 e. The standard InChI is InChI=1S/C16H13NO2S3/c18-15(19)11-5-1-3-7-13(11)20-9-10-21-16-17-12-6-2-4-8-14(12)22-16/h1-8H,9-10H2,(H,18,19)/p-1. The van der Waals surface area contributed by atoms with Gasteiger partial charge in [-0.3, -0.25) is 0 Å². The van der Waals surface area contributed by atoms with Gasteiger partial charge in [-0.15, -0.1) is 23.1 Å². The van der Waals surface area contributed by atoms with Gasteiger partial charge in [-0.2, -0.15) is 0 Å². The van der Waals surface area contributed by atoms with Gasteiger partial charge in [-0.1, -0.05) is 42.1 Å². The maximum atomic E-state index is 11.0. The predicted molar refractivity (Wildman–Crippen MR) is 91.8 cm³/mol. The molecule has 0 unspecified atom stereocenters. The summed E-state index contributed by atoms with van der Waals surface area (Å²) in [6.07, 6.45) is 0. The molecule has 1 aromatic heterocycles. The van der Waals surface area contributed by atoms with Gasteiger partial charge < -0.3 is 9.90 Å². The summed E-state index contributed by atoms with van der Waals surface area (Å²) in [7, 11) is 0. The van der Waals surface area contributed by atoms with Crippen LogP contribution in [-0.2, 0) is 0 Å². The van der Waals surface area contributed by atoms with E-state index in [0.717, 1.165) is 26.3 Å². The second kappa shape index (κ2) is 7.17. The van der Waals surface area contributed by atoms with Crippen molar-refractivity contribution in [1.29, 1.82) is 0 Å². The van der Waals surface area contributed by atoms with Crippen LogP contribution in [0, 0.1) is 0 Å². The second-order valence-electron chi connectivity index (χ2n) is 4.43. The Hall–Kier alpha value is -1.50. The zero-order valence-electron chi connectivity index (χ0n) is 11.5. The molecule has 6 heteroatoms. The summed E-state index contributed by atoms with van der Waals surface area (Å²) in [5.41, 5.74) is 1.29. The van der Waals surface area contributed by atoms with E-state index in [9.17, 15) is 9.90 Å². The monoisotopic (exact) mass is 346 g/mol. The number of carboxylic acids is 1. The SMILES string of the molecule is O=C([O-])c1ccccc1SCCSc1nc2ccccc2s1. The lowest BCUT2D eigenvalue weighted by molar-refractivity contribution is -0.255. The first kappa shape index (κ1) is 15.4. The number of thioether (sulfide) groups is 2. The number of fused-ring (bicyclic) bond motifs is 1. The number of carbonyl (C=O) groups is 1. The molecule has 0 bridgehead atoms. The number of benzene rings is 2. The Labute approximate surface area is 140 Å². The Morgan fingerprint density at radius 3 is 2.59 bits per heavy atom. The molecule has 3 rings (SSSR count). The third-order valence-corrected chi connectivity index (χ3v) is 6.46. The number of nitrogens with zero attached hydrogens (tertiary/aromatic N) is 1. The molecule has 0 aliphatic heterocycles. The highest BCUT2D eigenvalue weighted by Gasteiger charge is 2.05. The lowest BCUT2D eigenvalue weighted by atomic mass is 10.2. The van der Waals surface area contributed by atoms with Gasteiger partial charge in [0.05, 0.1) is 16.2 Å². The Balaban J connectivity index is 1.56. The number of carbonyl (C=O) groups excluding carboxylic acids is 1. The summed E-state index contributed by atoms with van der Waals surface area (Å²) < 4.78 is 2.25. The summed E-state index contributed by atoms with van der Waals surface area (Å²) in [6.45, 7) is 0. The van der Waals surface area contributed by atoms with Gasteiger partial charge in [0.2, 0.25) is 0 Å². The van der Waals surface area contributed by atoms with Crippen LogP contribution in [0.3, 0.4) is 0 Å². The molecule has 0 amide bonds. The predicted octanol–water partition coefficient (Wildman–Crippen LogP) is 3.54. The van der Waals surface area contributed by atoms with Gasteiger partial charge in [-0.05, 0) is 18.2 Å². The van der Waals surface area contributed by atoms with E-state index in [-0.39, 0.29) is 5.56 Å².